The van der Waals surface area contributed by atoms with Crippen molar-refractivity contribution in [3.8, 4) is 17.0 Å². The molecule has 5 aromatic rings. The number of aromatic nitrogens is 7. The lowest BCUT2D eigenvalue weighted by atomic mass is 9.96. The van der Waals surface area contributed by atoms with Crippen LogP contribution in [0.4, 0.5) is 24.9 Å². The van der Waals surface area contributed by atoms with E-state index in [9.17, 15) is 13.2 Å². The minimum absolute atomic E-state index is 0.185. The van der Waals surface area contributed by atoms with Crippen molar-refractivity contribution in [2.75, 3.05) is 5.32 Å². The molecule has 0 atom stereocenters. The summed E-state index contributed by atoms with van der Waals surface area (Å²) in [5.41, 5.74) is 3.97. The molecule has 6 rings (SSSR count). The second kappa shape index (κ2) is 8.57. The van der Waals surface area contributed by atoms with Crippen LogP contribution in [0.25, 0.3) is 22.3 Å². The van der Waals surface area contributed by atoms with E-state index in [4.69, 9.17) is 0 Å². The van der Waals surface area contributed by atoms with Gasteiger partial charge in [-0.15, -0.1) is 18.3 Å². The van der Waals surface area contributed by atoms with Crippen molar-refractivity contribution < 1.29 is 17.9 Å². The van der Waals surface area contributed by atoms with E-state index >= 15 is 0 Å². The van der Waals surface area contributed by atoms with Crippen LogP contribution in [0.3, 0.4) is 0 Å². The number of fused-ring (bicyclic) bond motifs is 1. The first-order chi connectivity index (χ1) is 17.8. The zero-order valence-corrected chi connectivity index (χ0v) is 19.6. The van der Waals surface area contributed by atoms with Crippen molar-refractivity contribution in [3.05, 3.63) is 72.6 Å². The molecule has 37 heavy (non-hydrogen) atoms. The van der Waals surface area contributed by atoms with Crippen LogP contribution in [0, 0.1) is 0 Å². The zero-order chi connectivity index (χ0) is 25.6. The number of benzene rings is 2. The molecule has 0 aliphatic heterocycles. The Balaban J connectivity index is 1.22. The van der Waals surface area contributed by atoms with Crippen molar-refractivity contribution in [3.63, 3.8) is 0 Å². The van der Waals surface area contributed by atoms with E-state index in [0.717, 1.165) is 46.5 Å². The molecule has 1 saturated carbocycles. The second-order valence-electron chi connectivity index (χ2n) is 9.03. The first-order valence-electron chi connectivity index (χ1n) is 11.6. The van der Waals surface area contributed by atoms with E-state index in [-0.39, 0.29) is 11.2 Å². The Bertz CT molecular complexity index is 1570. The number of ether oxygens (including phenoxy) is 1. The summed E-state index contributed by atoms with van der Waals surface area (Å²) in [4.78, 5) is 8.90. The van der Waals surface area contributed by atoms with Crippen molar-refractivity contribution in [1.82, 2.24) is 34.7 Å². The van der Waals surface area contributed by atoms with Gasteiger partial charge < -0.3 is 10.1 Å². The van der Waals surface area contributed by atoms with E-state index < -0.39 is 6.36 Å². The topological polar surface area (TPSA) is 95.6 Å². The predicted molar refractivity (Wildman–Crippen MR) is 129 cm³/mol. The van der Waals surface area contributed by atoms with Gasteiger partial charge in [0.15, 0.2) is 0 Å². The third-order valence-corrected chi connectivity index (χ3v) is 6.53. The normalized spacial score (nSPS) is 14.6. The largest absolute Gasteiger partial charge is 0.573 e. The molecule has 188 valence electrons. The number of hydrogen-bond donors (Lipinski definition) is 1. The first-order valence-corrected chi connectivity index (χ1v) is 11.6. The highest BCUT2D eigenvalue weighted by Crippen LogP contribution is 2.50. The molecule has 1 aliphatic carbocycles. The molecular formula is C25H21F3N8O. The molecule has 3 aromatic heterocycles. The predicted octanol–water partition coefficient (Wildman–Crippen LogP) is 5.00. The van der Waals surface area contributed by atoms with Crippen LogP contribution in [-0.2, 0) is 19.0 Å². The molecule has 3 heterocycles. The Labute approximate surface area is 208 Å². The van der Waals surface area contributed by atoms with Crippen molar-refractivity contribution in [2.24, 2.45) is 7.05 Å². The standard InChI is InChI=1S/C25H21F3N8O/c1-35-22(9-13-30-35)32-23-29-12-8-19(31-23)16-2-7-21-20(14-16)33-34-36(21)15-24(10-11-24)17-3-5-18(6-4-17)37-25(26,27)28/h2-9,12-14H,10-11,15H2,1H3,(H,29,31,32). The molecular weight excluding hydrogens is 485 g/mol. The number of hydrogen-bond acceptors (Lipinski definition) is 7. The quantitative estimate of drug-likeness (QED) is 0.332. The maximum absolute atomic E-state index is 12.5. The molecule has 2 aromatic carbocycles. The summed E-state index contributed by atoms with van der Waals surface area (Å²) in [6.45, 7) is 0.578. The van der Waals surface area contributed by atoms with E-state index in [0.29, 0.717) is 12.5 Å². The van der Waals surface area contributed by atoms with Crippen LogP contribution in [0.5, 0.6) is 5.75 Å². The van der Waals surface area contributed by atoms with Crippen LogP contribution in [0.1, 0.15) is 18.4 Å². The fourth-order valence-corrected chi connectivity index (χ4v) is 4.42. The summed E-state index contributed by atoms with van der Waals surface area (Å²) in [6, 6.07) is 15.6. The Morgan fingerprint density at radius 2 is 1.84 bits per heavy atom. The summed E-state index contributed by atoms with van der Waals surface area (Å²) in [6.07, 6.45) is 0.496. The molecule has 9 nitrogen and oxygen atoms in total. The number of halogens is 3. The maximum atomic E-state index is 12.5. The van der Waals surface area contributed by atoms with Gasteiger partial charge in [-0.1, -0.05) is 23.4 Å². The minimum atomic E-state index is -4.71. The number of aryl methyl sites for hydroxylation is 1. The van der Waals surface area contributed by atoms with Crippen LogP contribution in [0.2, 0.25) is 0 Å². The average molecular weight is 506 g/mol. The number of rotatable bonds is 7. The SMILES string of the molecule is Cn1nccc1Nc1nccc(-c2ccc3c(c2)nnn3CC2(c3ccc(OC(F)(F)F)cc3)CC2)n1. The highest BCUT2D eigenvalue weighted by atomic mass is 19.4. The monoisotopic (exact) mass is 506 g/mol. The number of anilines is 2. The van der Waals surface area contributed by atoms with Crippen molar-refractivity contribution in [1.29, 1.82) is 0 Å². The highest BCUT2D eigenvalue weighted by molar-refractivity contribution is 5.80. The second-order valence-corrected chi connectivity index (χ2v) is 9.03. The molecule has 1 N–H and O–H groups in total. The van der Waals surface area contributed by atoms with Crippen molar-refractivity contribution in [2.45, 2.75) is 31.2 Å². The van der Waals surface area contributed by atoms with Crippen molar-refractivity contribution >= 4 is 22.8 Å². The van der Waals surface area contributed by atoms with Gasteiger partial charge in [0.05, 0.1) is 24.0 Å². The fourth-order valence-electron chi connectivity index (χ4n) is 4.42. The minimum Gasteiger partial charge on any atom is -0.406 e. The maximum Gasteiger partial charge on any atom is 0.573 e. The van der Waals surface area contributed by atoms with Gasteiger partial charge in [-0.3, -0.25) is 4.68 Å². The summed E-state index contributed by atoms with van der Waals surface area (Å²) in [5.74, 6) is 0.994. The summed E-state index contributed by atoms with van der Waals surface area (Å²) in [5, 5.41) is 16.0. The lowest BCUT2D eigenvalue weighted by molar-refractivity contribution is -0.274. The molecule has 0 bridgehead atoms. The molecule has 0 spiro atoms. The van der Waals surface area contributed by atoms with Gasteiger partial charge in [0.1, 0.15) is 17.1 Å². The molecule has 1 aliphatic rings. The highest BCUT2D eigenvalue weighted by Gasteiger charge is 2.45. The summed E-state index contributed by atoms with van der Waals surface area (Å²) >= 11 is 0. The molecule has 0 unspecified atom stereocenters. The Hall–Kier alpha value is -4.48. The van der Waals surface area contributed by atoms with E-state index in [2.05, 4.69) is 35.4 Å². The van der Waals surface area contributed by atoms with E-state index in [1.165, 1.54) is 12.1 Å². The summed E-state index contributed by atoms with van der Waals surface area (Å²) < 4.78 is 45.0. The molecule has 0 amide bonds. The zero-order valence-electron chi connectivity index (χ0n) is 19.6. The number of nitrogens with zero attached hydrogens (tertiary/aromatic N) is 7. The van der Waals surface area contributed by atoms with Crippen LogP contribution in [-0.4, -0.2) is 41.1 Å². The molecule has 12 heteroatoms. The Morgan fingerprint density at radius 3 is 2.54 bits per heavy atom. The Morgan fingerprint density at radius 1 is 1.03 bits per heavy atom. The molecule has 0 radical (unpaired) electrons. The lowest BCUT2D eigenvalue weighted by Gasteiger charge is -2.17. The fraction of sp³-hybridized carbons (Fsp3) is 0.240. The number of nitrogens with one attached hydrogen (secondary N) is 1. The molecule has 1 fully saturated rings. The van der Waals surface area contributed by atoms with E-state index in [1.807, 2.05) is 42.1 Å². The van der Waals surface area contributed by atoms with Gasteiger partial charge in [0.25, 0.3) is 0 Å². The van der Waals surface area contributed by atoms with E-state index in [1.54, 1.807) is 29.2 Å². The first kappa shape index (κ1) is 23.0. The number of alkyl halides is 3. The van der Waals surface area contributed by atoms with Crippen LogP contribution >= 0.6 is 0 Å². The van der Waals surface area contributed by atoms with Gasteiger partial charge in [-0.2, -0.15) is 5.10 Å². The smallest absolute Gasteiger partial charge is 0.406 e. The van der Waals surface area contributed by atoms with Gasteiger partial charge >= 0.3 is 6.36 Å². The summed E-state index contributed by atoms with van der Waals surface area (Å²) in [7, 11) is 1.83. The van der Waals surface area contributed by atoms with Crippen LogP contribution in [0.15, 0.2) is 67.0 Å². The molecule has 0 saturated heterocycles. The van der Waals surface area contributed by atoms with Gasteiger partial charge in [-0.05, 0) is 48.7 Å². The average Bonchev–Trinajstić information content (AvgIpc) is 3.39. The Kier molecular flexibility index (Phi) is 5.32. The third kappa shape index (κ3) is 4.69. The van der Waals surface area contributed by atoms with Crippen LogP contribution < -0.4 is 10.1 Å². The third-order valence-electron chi connectivity index (χ3n) is 6.53. The van der Waals surface area contributed by atoms with Gasteiger partial charge in [0.2, 0.25) is 5.95 Å². The van der Waals surface area contributed by atoms with Gasteiger partial charge in [-0.25, -0.2) is 14.6 Å². The lowest BCUT2D eigenvalue weighted by Crippen LogP contribution is -2.18. The van der Waals surface area contributed by atoms with Gasteiger partial charge in [0, 0.05) is 30.3 Å².